The fourth-order valence-electron chi connectivity index (χ4n) is 2.89. The lowest BCUT2D eigenvalue weighted by molar-refractivity contribution is 0.465. The van der Waals surface area contributed by atoms with Gasteiger partial charge in [0.1, 0.15) is 22.5 Å². The summed E-state index contributed by atoms with van der Waals surface area (Å²) in [7, 11) is 0. The molecule has 0 saturated heterocycles. The lowest BCUT2D eigenvalue weighted by atomic mass is 10.2. The Balaban J connectivity index is 1.90. The molecule has 0 aliphatic heterocycles. The van der Waals surface area contributed by atoms with Gasteiger partial charge in [0.05, 0.1) is 10.9 Å². The van der Waals surface area contributed by atoms with Crippen molar-refractivity contribution in [2.24, 2.45) is 0 Å². The van der Waals surface area contributed by atoms with Crippen LogP contribution in [-0.2, 0) is 12.8 Å². The molecule has 5 heteroatoms. The zero-order valence-electron chi connectivity index (χ0n) is 12.1. The van der Waals surface area contributed by atoms with Crippen molar-refractivity contribution < 1.29 is 4.74 Å². The summed E-state index contributed by atoms with van der Waals surface area (Å²) < 4.78 is 6.01. The summed E-state index contributed by atoms with van der Waals surface area (Å²) >= 11 is 1.74. The molecule has 0 radical (unpaired) electrons. The molecule has 0 saturated carbocycles. The van der Waals surface area contributed by atoms with E-state index in [-0.39, 0.29) is 0 Å². The maximum atomic E-state index is 9.22. The smallest absolute Gasteiger partial charge is 0.231 e. The third-order valence-corrected chi connectivity index (χ3v) is 5.04. The highest BCUT2D eigenvalue weighted by Gasteiger charge is 2.23. The third-order valence-electron chi connectivity index (χ3n) is 3.86. The van der Waals surface area contributed by atoms with E-state index in [1.807, 2.05) is 19.1 Å². The van der Waals surface area contributed by atoms with Crippen molar-refractivity contribution in [1.29, 1.82) is 5.26 Å². The van der Waals surface area contributed by atoms with Crippen LogP contribution in [0, 0.1) is 18.3 Å². The van der Waals surface area contributed by atoms with Gasteiger partial charge in [-0.05, 0) is 43.9 Å². The van der Waals surface area contributed by atoms with Crippen LogP contribution >= 0.6 is 11.3 Å². The monoisotopic (exact) mass is 307 g/mol. The second kappa shape index (κ2) is 5.08. The van der Waals surface area contributed by atoms with Gasteiger partial charge in [-0.2, -0.15) is 10.2 Å². The molecule has 4 rings (SSSR count). The van der Waals surface area contributed by atoms with Crippen LogP contribution in [0.4, 0.5) is 0 Å². The van der Waals surface area contributed by atoms with Crippen LogP contribution in [0.1, 0.15) is 28.2 Å². The largest absolute Gasteiger partial charge is 0.437 e. The first-order chi connectivity index (χ1) is 10.8. The minimum Gasteiger partial charge on any atom is -0.437 e. The van der Waals surface area contributed by atoms with Gasteiger partial charge in [0.15, 0.2) is 0 Å². The molecule has 0 spiro atoms. The van der Waals surface area contributed by atoms with Gasteiger partial charge in [0.25, 0.3) is 0 Å². The van der Waals surface area contributed by atoms with Gasteiger partial charge < -0.3 is 4.74 Å². The number of aryl methyl sites for hydroxylation is 3. The minimum absolute atomic E-state index is 0.513. The summed E-state index contributed by atoms with van der Waals surface area (Å²) in [6, 6.07) is 9.40. The number of hydrogen-bond acceptors (Lipinski definition) is 5. The summed E-state index contributed by atoms with van der Waals surface area (Å²) in [6.45, 7) is 1.87. The second-order valence-corrected chi connectivity index (χ2v) is 6.41. The predicted octanol–water partition coefficient (Wildman–Crippen LogP) is 4.15. The van der Waals surface area contributed by atoms with Crippen LogP contribution in [0.25, 0.3) is 10.2 Å². The van der Waals surface area contributed by atoms with Gasteiger partial charge in [-0.1, -0.05) is 12.1 Å². The molecule has 22 heavy (non-hydrogen) atoms. The molecule has 0 atom stereocenters. The number of aromatic nitrogens is 2. The molecular weight excluding hydrogens is 294 g/mol. The van der Waals surface area contributed by atoms with Crippen LogP contribution in [0.15, 0.2) is 24.3 Å². The first-order valence-electron chi connectivity index (χ1n) is 7.22. The number of rotatable bonds is 2. The molecule has 1 aliphatic carbocycles. The summed E-state index contributed by atoms with van der Waals surface area (Å²) in [5, 5.41) is 10.2. The highest BCUT2D eigenvalue weighted by atomic mass is 32.1. The van der Waals surface area contributed by atoms with Crippen LogP contribution in [0.3, 0.4) is 0 Å². The Kier molecular flexibility index (Phi) is 3.05. The first kappa shape index (κ1) is 13.2. The van der Waals surface area contributed by atoms with E-state index in [4.69, 9.17) is 4.74 Å². The van der Waals surface area contributed by atoms with Gasteiger partial charge in [-0.15, -0.1) is 11.3 Å². The molecule has 0 fully saturated rings. The lowest BCUT2D eigenvalue weighted by Crippen LogP contribution is -1.96. The first-order valence-corrected chi connectivity index (χ1v) is 8.04. The average molecular weight is 307 g/mol. The molecule has 2 heterocycles. The normalized spacial score (nSPS) is 13.1. The Morgan fingerprint density at radius 2 is 2.09 bits per heavy atom. The molecule has 1 aromatic carbocycles. The molecule has 0 unspecified atom stereocenters. The number of fused-ring (bicyclic) bond motifs is 3. The van der Waals surface area contributed by atoms with E-state index in [0.29, 0.717) is 23.0 Å². The van der Waals surface area contributed by atoms with Gasteiger partial charge in [0.2, 0.25) is 5.88 Å². The highest BCUT2D eigenvalue weighted by Crippen LogP contribution is 2.41. The third kappa shape index (κ3) is 2.04. The summed E-state index contributed by atoms with van der Waals surface area (Å²) in [4.78, 5) is 11.4. The van der Waals surface area contributed by atoms with Crippen molar-refractivity contribution >= 4 is 21.6 Å². The van der Waals surface area contributed by atoms with Crippen molar-refractivity contribution in [3.63, 3.8) is 0 Å². The van der Waals surface area contributed by atoms with E-state index in [1.54, 1.807) is 23.5 Å². The summed E-state index contributed by atoms with van der Waals surface area (Å²) in [5.74, 6) is 1.81. The fourth-order valence-corrected chi connectivity index (χ4v) is 4.19. The Morgan fingerprint density at radius 3 is 2.95 bits per heavy atom. The molecule has 0 amide bonds. The SMILES string of the molecule is Cc1nc(Oc2ccccc2C#N)c2c3c(sc2n1)CCC3. The maximum Gasteiger partial charge on any atom is 0.231 e. The van der Waals surface area contributed by atoms with Gasteiger partial charge in [0, 0.05) is 4.88 Å². The number of para-hydroxylation sites is 1. The van der Waals surface area contributed by atoms with Crippen molar-refractivity contribution in [2.45, 2.75) is 26.2 Å². The number of nitriles is 1. The Bertz CT molecular complexity index is 924. The zero-order chi connectivity index (χ0) is 15.1. The van der Waals surface area contributed by atoms with E-state index >= 15 is 0 Å². The van der Waals surface area contributed by atoms with E-state index in [1.165, 1.54) is 16.9 Å². The van der Waals surface area contributed by atoms with Crippen LogP contribution in [0.2, 0.25) is 0 Å². The number of hydrogen-bond donors (Lipinski definition) is 0. The van der Waals surface area contributed by atoms with Gasteiger partial charge >= 0.3 is 0 Å². The molecule has 4 nitrogen and oxygen atoms in total. The van der Waals surface area contributed by atoms with E-state index < -0.39 is 0 Å². The molecular formula is C17H13N3OS. The molecule has 0 bridgehead atoms. The van der Waals surface area contributed by atoms with Gasteiger partial charge in [-0.3, -0.25) is 0 Å². The highest BCUT2D eigenvalue weighted by molar-refractivity contribution is 7.19. The van der Waals surface area contributed by atoms with Crippen LogP contribution in [-0.4, -0.2) is 9.97 Å². The predicted molar refractivity (Wildman–Crippen MR) is 85.4 cm³/mol. The van der Waals surface area contributed by atoms with Crippen molar-refractivity contribution in [1.82, 2.24) is 9.97 Å². The summed E-state index contributed by atoms with van der Waals surface area (Å²) in [5.41, 5.74) is 1.84. The fraction of sp³-hybridized carbons (Fsp3) is 0.235. The Labute approximate surface area is 132 Å². The Morgan fingerprint density at radius 1 is 1.23 bits per heavy atom. The number of nitrogens with zero attached hydrogens (tertiary/aromatic N) is 3. The van der Waals surface area contributed by atoms with Crippen molar-refractivity contribution in [3.05, 3.63) is 46.1 Å². The number of ether oxygens (including phenoxy) is 1. The quantitative estimate of drug-likeness (QED) is 0.713. The number of thiophene rings is 1. The van der Waals surface area contributed by atoms with E-state index in [0.717, 1.165) is 23.1 Å². The van der Waals surface area contributed by atoms with E-state index in [2.05, 4.69) is 16.0 Å². The summed E-state index contributed by atoms with van der Waals surface area (Å²) in [6.07, 6.45) is 3.35. The van der Waals surface area contributed by atoms with Gasteiger partial charge in [-0.25, -0.2) is 4.98 Å². The molecule has 2 aromatic heterocycles. The molecule has 3 aromatic rings. The average Bonchev–Trinajstić information content (AvgIpc) is 3.07. The molecule has 108 valence electrons. The van der Waals surface area contributed by atoms with Crippen molar-refractivity contribution in [2.75, 3.05) is 0 Å². The standard InChI is InChI=1S/C17H13N3OS/c1-10-19-16(21-13-7-3-2-5-11(13)9-18)15-12-6-4-8-14(12)22-17(15)20-10/h2-3,5,7H,4,6,8H2,1H3. The zero-order valence-corrected chi connectivity index (χ0v) is 12.9. The Hall–Kier alpha value is -2.45. The lowest BCUT2D eigenvalue weighted by Gasteiger charge is -2.09. The van der Waals surface area contributed by atoms with Crippen LogP contribution < -0.4 is 4.74 Å². The minimum atomic E-state index is 0.513. The number of benzene rings is 1. The van der Waals surface area contributed by atoms with E-state index in [9.17, 15) is 5.26 Å². The molecule has 0 N–H and O–H groups in total. The topological polar surface area (TPSA) is 58.8 Å². The van der Waals surface area contributed by atoms with Crippen molar-refractivity contribution in [3.8, 4) is 17.7 Å². The molecule has 1 aliphatic rings. The maximum absolute atomic E-state index is 9.22. The second-order valence-electron chi connectivity index (χ2n) is 5.32. The van der Waals surface area contributed by atoms with Crippen LogP contribution in [0.5, 0.6) is 11.6 Å².